The van der Waals surface area contributed by atoms with Crippen molar-refractivity contribution < 1.29 is 164 Å². The van der Waals surface area contributed by atoms with E-state index >= 15 is 9.13 Å². The molecule has 3 fully saturated rings. The summed E-state index contributed by atoms with van der Waals surface area (Å²) in [5.41, 5.74) is 5.22. The van der Waals surface area contributed by atoms with Gasteiger partial charge in [0.1, 0.15) is 79.7 Å². The molecule has 3 aliphatic rings. The zero-order valence-corrected chi connectivity index (χ0v) is 67.7. The monoisotopic (exact) mass is 1560 g/mol. The Morgan fingerprint density at radius 1 is 0.431 bits per heavy atom. The van der Waals surface area contributed by atoms with Gasteiger partial charge in [0.25, 0.3) is 0 Å². The summed E-state index contributed by atoms with van der Waals surface area (Å²) in [6.45, 7) is 1.58. The minimum Gasteiger partial charge on any atom is -0.862 e. The van der Waals surface area contributed by atoms with Crippen molar-refractivity contribution in [3.63, 3.8) is 0 Å². The van der Waals surface area contributed by atoms with E-state index in [1.54, 1.807) is 36.4 Å². The van der Waals surface area contributed by atoms with Crippen molar-refractivity contribution in [2.75, 3.05) is 45.3 Å². The molecule has 7 aromatic rings. The first kappa shape index (κ1) is 88.6. The van der Waals surface area contributed by atoms with Crippen molar-refractivity contribution in [1.29, 1.82) is 0 Å². The molecule has 3 saturated heterocycles. The summed E-state index contributed by atoms with van der Waals surface area (Å²) in [5.74, 6) is -1.84. The molecular weight excluding hydrogens is 1460 g/mol. The van der Waals surface area contributed by atoms with Crippen LogP contribution in [0, 0.1) is 0 Å². The van der Waals surface area contributed by atoms with E-state index in [0.717, 1.165) is 27.8 Å². The number of ether oxygens (including phenoxy) is 11. The molecule has 109 heavy (non-hydrogen) atoms. The first-order chi connectivity index (χ1) is 51.9. The molecule has 0 aromatic heterocycles. The fourth-order valence-electron chi connectivity index (χ4n) is 12.9. The Morgan fingerprint density at radius 3 is 1.09 bits per heavy atom. The van der Waals surface area contributed by atoms with Crippen LogP contribution in [0.25, 0.3) is 0 Å². The summed E-state index contributed by atoms with van der Waals surface area (Å²) >= 11 is 0. The van der Waals surface area contributed by atoms with Crippen LogP contribution in [0.1, 0.15) is 66.1 Å². The minimum absolute atomic E-state index is 0. The molecule has 17 atom stereocenters. The second-order valence-electron chi connectivity index (χ2n) is 26.2. The van der Waals surface area contributed by atoms with Gasteiger partial charge in [0.05, 0.1) is 90.6 Å². The van der Waals surface area contributed by atoms with E-state index < -0.39 is 163 Å². The molecule has 574 valence electrons. The summed E-state index contributed by atoms with van der Waals surface area (Å²) in [6, 6.07) is 60.3. The molecule has 10 rings (SSSR count). The molecule has 0 spiro atoms. The van der Waals surface area contributed by atoms with Crippen LogP contribution in [0.5, 0.6) is 0 Å². The number of carbonyl (C=O) groups is 2. The van der Waals surface area contributed by atoms with Crippen LogP contribution >= 0.6 is 15.2 Å². The normalized spacial score (nSPS) is 25.4. The van der Waals surface area contributed by atoms with Crippen molar-refractivity contribution in [3.8, 4) is 0 Å². The Morgan fingerprint density at radius 2 is 0.743 bits per heavy atom. The molecule has 3 heterocycles. The van der Waals surface area contributed by atoms with Crippen molar-refractivity contribution >= 4 is 39.0 Å². The van der Waals surface area contributed by atoms with Gasteiger partial charge in [0, 0.05) is 13.5 Å². The predicted molar refractivity (Wildman–Crippen MR) is 391 cm³/mol. The molecule has 7 aromatic carbocycles. The van der Waals surface area contributed by atoms with Crippen molar-refractivity contribution in [3.05, 3.63) is 251 Å². The molecule has 30 heteroatoms. The van der Waals surface area contributed by atoms with Gasteiger partial charge < -0.3 is 96.9 Å². The number of hydrogen-bond donors (Lipinski definition) is 5. The molecule has 2 unspecified atom stereocenters. The average molecular weight is 1560 g/mol. The van der Waals surface area contributed by atoms with Gasteiger partial charge in [-0.25, -0.2) is 4.79 Å². The third-order valence-electron chi connectivity index (χ3n) is 17.9. The van der Waals surface area contributed by atoms with Crippen LogP contribution in [-0.4, -0.2) is 176 Å². The van der Waals surface area contributed by atoms with Crippen LogP contribution in [0.15, 0.2) is 222 Å². The van der Waals surface area contributed by atoms with Crippen LogP contribution in [-0.2, 0) is 121 Å². The number of aliphatic imine (C=N–C) groups is 2. The molecular formula is C79H94N4Na2O22P2. The minimum atomic E-state index is -5.07. The number of aliphatic hydroxyl groups excluding tert-OH is 1. The van der Waals surface area contributed by atoms with E-state index in [9.17, 15) is 34.7 Å². The molecule has 26 nitrogen and oxygen atoms in total. The molecule has 2 amide bonds. The number of rotatable bonds is 39. The van der Waals surface area contributed by atoms with E-state index in [2.05, 4.69) is 20.6 Å². The second kappa shape index (κ2) is 45.7. The third kappa shape index (κ3) is 28.6. The fourth-order valence-corrected chi connectivity index (χ4v) is 15.3. The molecule has 0 bridgehead atoms. The maximum Gasteiger partial charge on any atom is 1.00 e. The van der Waals surface area contributed by atoms with Crippen molar-refractivity contribution in [1.82, 2.24) is 10.6 Å². The van der Waals surface area contributed by atoms with Crippen LogP contribution in [0.4, 0.5) is 4.79 Å². The number of alkyl carbamates (subject to hydrolysis) is 1. The third-order valence-corrected chi connectivity index (χ3v) is 20.6. The Hall–Kier alpha value is -5.92. The zero-order chi connectivity index (χ0) is 75.4. The first-order valence-electron chi connectivity index (χ1n) is 35.5. The van der Waals surface area contributed by atoms with Gasteiger partial charge in [-0.05, 0) is 71.0 Å². The number of amides is 2. The Balaban J connectivity index is 0.00000748. The summed E-state index contributed by atoms with van der Waals surface area (Å²) in [7, 11) is -10.1. The summed E-state index contributed by atoms with van der Waals surface area (Å²) in [6.07, 6.45) is -17.5. The molecule has 0 saturated carbocycles. The Labute approximate surface area is 680 Å². The van der Waals surface area contributed by atoms with E-state index in [1.165, 1.54) is 20.8 Å². The van der Waals surface area contributed by atoms with E-state index in [-0.39, 0.29) is 125 Å². The van der Waals surface area contributed by atoms with Gasteiger partial charge in [-0.2, -0.15) is 0 Å². The largest absolute Gasteiger partial charge is 1.00 e. The van der Waals surface area contributed by atoms with Crippen molar-refractivity contribution in [2.45, 2.75) is 165 Å². The van der Waals surface area contributed by atoms with Gasteiger partial charge in [0.15, 0.2) is 6.29 Å². The van der Waals surface area contributed by atoms with Crippen molar-refractivity contribution in [2.24, 2.45) is 9.98 Å². The van der Waals surface area contributed by atoms with E-state index in [1.807, 2.05) is 176 Å². The maximum absolute atomic E-state index is 15.3. The second-order valence-corrected chi connectivity index (χ2v) is 30.0. The average Bonchev–Trinajstić information content (AvgIpc) is 0.787. The molecule has 5 N–H and O–H groups in total. The van der Waals surface area contributed by atoms with Crippen LogP contribution in [0.3, 0.4) is 0 Å². The number of carbonyl (C=O) groups excluding carboxylic acids is 2. The number of aliphatic hydroxyl groups is 1. The number of benzene rings is 7. The maximum atomic E-state index is 15.3. The number of nitrogens with one attached hydrogen (secondary N) is 2. The standard InChI is InChI=1S/C79H96N4O22P2.2Na/c1-54(85)81-69-67(103-64(42-84)72(94-43-57-26-11-4-12-27-57)75(69)97-46-60-32-17-7-18-33-60)52-106(89,90)101-50-65-73(95-44-58-28-13-5-14-29-58)76(98-47-61-34-19-8-20-35-61)70(82-55(2)86)68(104-65)53-107(91,92)102-51-66-74(96-45-59-30-15-6-16-31-59)77(99-48-62-36-21-9-22-37-62)71(83-56(3)87)78(105-66)93-41-25-40-80-79(88)100-49-63-38-23-10-24-39-63;;/h4-24,26-39,64-78,84H,25,40-53H2,1-3H3,(H,80,88)(H,81,85)(H,82,86)(H,83,87)(H,89,90)(H,91,92);;/q;2*+1/p-2/t64-,65-,66-,67-,68-,69-,70-,71+,72-,73-,74-,75-,76-,77-,78-;;/m1../s1. The van der Waals surface area contributed by atoms with E-state index in [4.69, 9.17) is 61.2 Å². The molecule has 0 radical (unpaired) electrons. The van der Waals surface area contributed by atoms with Crippen LogP contribution < -0.4 is 80.0 Å². The van der Waals surface area contributed by atoms with Gasteiger partial charge in [0.2, 0.25) is 5.91 Å². The van der Waals surface area contributed by atoms with E-state index in [0.29, 0.717) is 11.1 Å². The topological polar surface area (TPSA) is 344 Å². The molecule has 3 aliphatic heterocycles. The zero-order valence-electron chi connectivity index (χ0n) is 61.9. The number of hydrogen-bond acceptors (Lipinski definition) is 22. The Kier molecular flexibility index (Phi) is 37.2. The quantitative estimate of drug-likeness (QED) is 0.0121. The van der Waals surface area contributed by atoms with Gasteiger partial charge in [-0.3, -0.25) is 23.9 Å². The molecule has 0 aliphatic carbocycles. The summed E-state index contributed by atoms with van der Waals surface area (Å²) < 4.78 is 114. The predicted octanol–water partition coefficient (Wildman–Crippen LogP) is 2.30. The van der Waals surface area contributed by atoms with Gasteiger partial charge >= 0.3 is 80.4 Å². The van der Waals surface area contributed by atoms with Gasteiger partial charge in [-0.1, -0.05) is 212 Å². The number of nitrogens with zero attached hydrogens (tertiary/aromatic N) is 2. The Bertz CT molecular complexity index is 3950. The first-order valence-corrected chi connectivity index (χ1v) is 39.1. The summed E-state index contributed by atoms with van der Waals surface area (Å²) in [5, 5.41) is 43.4. The van der Waals surface area contributed by atoms with Gasteiger partial charge in [-0.15, -0.1) is 0 Å². The van der Waals surface area contributed by atoms with Crippen LogP contribution in [0.2, 0.25) is 0 Å². The fraction of sp³-hybridized carbons (Fsp3) is 0.418. The smallest absolute Gasteiger partial charge is 0.862 e. The SMILES string of the molecule is CC(=O)N[C@@H]1[C@H](OCCCNC(=O)OCc2ccccc2)O[C@H](COP(=O)(O)C[C@H]2O[C@H](COP(=O)(O)C[C@H]3O[C@H](CO)[C@@H](OCc4ccccc4)[C@H](OCc4ccccc4)[C@@H]3N=C(C)[O-])[C@@H](OCc3ccccc3)[C@H](OCc3ccccc3)[C@@H]2N=C(C)[O-])[C@@H](OCc2ccccc2)[C@@H]1OCc1ccccc1.[Na+].[Na+]. The summed E-state index contributed by atoms with van der Waals surface area (Å²) in [4.78, 5) is 59.5.